The molecule has 0 amide bonds. The standard InChI is InChI=1S/C17H17N5S2/c1-12(2)22-16(14-6-5-9-23-14)19-20-17(22)24-11-13-10-21-8-4-3-7-15(21)18-13/h3-10,12H,11H2,1-2H3. The molecule has 0 fully saturated rings. The highest BCUT2D eigenvalue weighted by atomic mass is 32.2. The number of fused-ring (bicyclic) bond motifs is 1. The maximum Gasteiger partial charge on any atom is 0.192 e. The van der Waals surface area contributed by atoms with Crippen LogP contribution in [0.1, 0.15) is 25.6 Å². The van der Waals surface area contributed by atoms with E-state index in [-0.39, 0.29) is 0 Å². The zero-order chi connectivity index (χ0) is 16.5. The molecule has 0 atom stereocenters. The molecule has 0 aliphatic carbocycles. The first-order chi connectivity index (χ1) is 11.7. The molecule has 4 aromatic rings. The molecule has 4 heterocycles. The molecule has 0 N–H and O–H groups in total. The lowest BCUT2D eigenvalue weighted by Gasteiger charge is -2.12. The lowest BCUT2D eigenvalue weighted by molar-refractivity contribution is 0.555. The summed E-state index contributed by atoms with van der Waals surface area (Å²) in [6, 6.07) is 10.5. The van der Waals surface area contributed by atoms with Crippen molar-refractivity contribution in [2.45, 2.75) is 30.8 Å². The van der Waals surface area contributed by atoms with Gasteiger partial charge in [-0.2, -0.15) is 0 Å². The van der Waals surface area contributed by atoms with E-state index in [2.05, 4.69) is 51.2 Å². The van der Waals surface area contributed by atoms with E-state index in [1.807, 2.05) is 34.9 Å². The Balaban J connectivity index is 1.60. The average Bonchev–Trinajstić information content (AvgIpc) is 3.30. The first-order valence-electron chi connectivity index (χ1n) is 7.76. The second-order valence-corrected chi connectivity index (χ2v) is 7.62. The predicted octanol–water partition coefficient (Wildman–Crippen LogP) is 4.53. The summed E-state index contributed by atoms with van der Waals surface area (Å²) in [6.45, 7) is 4.32. The van der Waals surface area contributed by atoms with Gasteiger partial charge >= 0.3 is 0 Å². The van der Waals surface area contributed by atoms with Gasteiger partial charge in [0.05, 0.1) is 10.6 Å². The molecule has 0 aromatic carbocycles. The van der Waals surface area contributed by atoms with Crippen molar-refractivity contribution in [3.63, 3.8) is 0 Å². The van der Waals surface area contributed by atoms with Crippen molar-refractivity contribution in [1.29, 1.82) is 0 Å². The molecule has 0 bridgehead atoms. The van der Waals surface area contributed by atoms with Gasteiger partial charge in [-0.3, -0.25) is 4.57 Å². The normalized spacial score (nSPS) is 11.6. The minimum Gasteiger partial charge on any atom is -0.307 e. The van der Waals surface area contributed by atoms with E-state index in [0.29, 0.717) is 6.04 Å². The van der Waals surface area contributed by atoms with Crippen LogP contribution in [-0.4, -0.2) is 24.1 Å². The Morgan fingerprint density at radius 2 is 2.08 bits per heavy atom. The summed E-state index contributed by atoms with van der Waals surface area (Å²) in [7, 11) is 0. The van der Waals surface area contributed by atoms with E-state index in [9.17, 15) is 0 Å². The first-order valence-corrected chi connectivity index (χ1v) is 9.63. The van der Waals surface area contributed by atoms with Crippen molar-refractivity contribution in [2.75, 3.05) is 0 Å². The van der Waals surface area contributed by atoms with Gasteiger partial charge in [-0.05, 0) is 37.4 Å². The molecule has 0 saturated carbocycles. The van der Waals surface area contributed by atoms with Crippen LogP contribution < -0.4 is 0 Å². The highest BCUT2D eigenvalue weighted by Gasteiger charge is 2.17. The van der Waals surface area contributed by atoms with Crippen molar-refractivity contribution in [1.82, 2.24) is 24.1 Å². The number of hydrogen-bond acceptors (Lipinski definition) is 5. The van der Waals surface area contributed by atoms with Crippen molar-refractivity contribution in [3.05, 3.63) is 53.8 Å². The maximum absolute atomic E-state index is 4.65. The fourth-order valence-corrected chi connectivity index (χ4v) is 4.27. The zero-order valence-electron chi connectivity index (χ0n) is 13.5. The van der Waals surface area contributed by atoms with Gasteiger partial charge in [-0.1, -0.05) is 23.9 Å². The molecular formula is C17H17N5S2. The van der Waals surface area contributed by atoms with E-state index >= 15 is 0 Å². The number of thiophene rings is 1. The molecule has 122 valence electrons. The quantitative estimate of drug-likeness (QED) is 0.494. The average molecular weight is 355 g/mol. The highest BCUT2D eigenvalue weighted by Crippen LogP contribution is 2.31. The molecule has 24 heavy (non-hydrogen) atoms. The summed E-state index contributed by atoms with van der Waals surface area (Å²) >= 11 is 3.37. The topological polar surface area (TPSA) is 48.0 Å². The van der Waals surface area contributed by atoms with E-state index in [1.54, 1.807) is 23.1 Å². The first kappa shape index (κ1) is 15.4. The fraction of sp³-hybridized carbons (Fsp3) is 0.235. The Morgan fingerprint density at radius 3 is 2.83 bits per heavy atom. The van der Waals surface area contributed by atoms with Crippen LogP contribution in [-0.2, 0) is 5.75 Å². The SMILES string of the molecule is CC(C)n1c(SCc2cn3ccccc3n2)nnc1-c1cccs1. The van der Waals surface area contributed by atoms with Gasteiger partial charge in [-0.25, -0.2) is 4.98 Å². The molecule has 7 heteroatoms. The van der Waals surface area contributed by atoms with E-state index < -0.39 is 0 Å². The molecule has 0 spiro atoms. The predicted molar refractivity (Wildman–Crippen MR) is 98.5 cm³/mol. The lowest BCUT2D eigenvalue weighted by atomic mass is 10.3. The smallest absolute Gasteiger partial charge is 0.192 e. The van der Waals surface area contributed by atoms with Gasteiger partial charge in [0.2, 0.25) is 0 Å². The third-order valence-corrected chi connectivity index (χ3v) is 5.53. The van der Waals surface area contributed by atoms with Crippen LogP contribution in [0.4, 0.5) is 0 Å². The highest BCUT2D eigenvalue weighted by molar-refractivity contribution is 7.98. The minimum absolute atomic E-state index is 0.306. The third kappa shape index (κ3) is 2.85. The summed E-state index contributed by atoms with van der Waals surface area (Å²) in [4.78, 5) is 5.79. The molecule has 5 nitrogen and oxygen atoms in total. The van der Waals surface area contributed by atoms with Gasteiger partial charge in [0, 0.05) is 24.2 Å². The number of nitrogens with zero attached hydrogens (tertiary/aromatic N) is 5. The van der Waals surface area contributed by atoms with Crippen LogP contribution in [0.15, 0.2) is 53.3 Å². The Labute approximate surface area is 148 Å². The third-order valence-electron chi connectivity index (χ3n) is 3.69. The fourth-order valence-electron chi connectivity index (χ4n) is 2.61. The van der Waals surface area contributed by atoms with Crippen LogP contribution in [0.5, 0.6) is 0 Å². The van der Waals surface area contributed by atoms with Crippen molar-refractivity contribution in [3.8, 4) is 10.7 Å². The van der Waals surface area contributed by atoms with Crippen LogP contribution >= 0.6 is 23.1 Å². The summed E-state index contributed by atoms with van der Waals surface area (Å²) in [5, 5.41) is 11.8. The molecule has 0 radical (unpaired) electrons. The number of pyridine rings is 1. The second kappa shape index (κ2) is 6.41. The van der Waals surface area contributed by atoms with Gasteiger partial charge in [0.15, 0.2) is 11.0 Å². The van der Waals surface area contributed by atoms with Crippen LogP contribution in [0.3, 0.4) is 0 Å². The number of hydrogen-bond donors (Lipinski definition) is 0. The van der Waals surface area contributed by atoms with E-state index in [0.717, 1.165) is 33.0 Å². The van der Waals surface area contributed by atoms with Gasteiger partial charge in [-0.15, -0.1) is 21.5 Å². The summed E-state index contributed by atoms with van der Waals surface area (Å²) < 4.78 is 4.24. The van der Waals surface area contributed by atoms with Gasteiger partial charge < -0.3 is 4.40 Å². The molecule has 0 aliphatic rings. The number of rotatable bonds is 5. The lowest BCUT2D eigenvalue weighted by Crippen LogP contribution is -2.04. The van der Waals surface area contributed by atoms with Crippen LogP contribution in [0.2, 0.25) is 0 Å². The minimum atomic E-state index is 0.306. The van der Waals surface area contributed by atoms with Crippen molar-refractivity contribution < 1.29 is 0 Å². The Hall–Kier alpha value is -2.12. The van der Waals surface area contributed by atoms with Crippen LogP contribution in [0, 0.1) is 0 Å². The van der Waals surface area contributed by atoms with Gasteiger partial charge in [0.25, 0.3) is 0 Å². The van der Waals surface area contributed by atoms with Crippen molar-refractivity contribution in [2.24, 2.45) is 0 Å². The molecule has 0 aliphatic heterocycles. The summed E-state index contributed by atoms with van der Waals surface area (Å²) in [5.74, 6) is 1.72. The zero-order valence-corrected chi connectivity index (χ0v) is 15.1. The Bertz CT molecular complexity index is 920. The second-order valence-electron chi connectivity index (χ2n) is 5.73. The summed E-state index contributed by atoms with van der Waals surface area (Å²) in [6.07, 6.45) is 4.08. The Kier molecular flexibility index (Phi) is 4.12. The summed E-state index contributed by atoms with van der Waals surface area (Å²) in [5.41, 5.74) is 2.01. The molecular weight excluding hydrogens is 338 g/mol. The molecule has 0 unspecified atom stereocenters. The van der Waals surface area contributed by atoms with E-state index in [1.165, 1.54) is 0 Å². The maximum atomic E-state index is 4.65. The van der Waals surface area contributed by atoms with Crippen LogP contribution in [0.25, 0.3) is 16.3 Å². The van der Waals surface area contributed by atoms with Gasteiger partial charge in [0.1, 0.15) is 5.65 Å². The number of aromatic nitrogens is 5. The molecule has 0 saturated heterocycles. The number of thioether (sulfide) groups is 1. The molecule has 4 aromatic heterocycles. The molecule has 4 rings (SSSR count). The Morgan fingerprint density at radius 1 is 1.17 bits per heavy atom. The monoisotopic (exact) mass is 355 g/mol. The largest absolute Gasteiger partial charge is 0.307 e. The number of imidazole rings is 1. The van der Waals surface area contributed by atoms with E-state index in [4.69, 9.17) is 0 Å². The van der Waals surface area contributed by atoms with Crippen molar-refractivity contribution >= 4 is 28.7 Å².